The van der Waals surface area contributed by atoms with Gasteiger partial charge >= 0.3 is 0 Å². The van der Waals surface area contributed by atoms with E-state index in [0.29, 0.717) is 5.69 Å². The van der Waals surface area contributed by atoms with Crippen LogP contribution >= 0.6 is 11.8 Å². The van der Waals surface area contributed by atoms with Crippen molar-refractivity contribution >= 4 is 33.4 Å². The van der Waals surface area contributed by atoms with Crippen LogP contribution in [0.1, 0.15) is 18.1 Å². The Bertz CT molecular complexity index is 909. The summed E-state index contributed by atoms with van der Waals surface area (Å²) in [5.41, 5.74) is 2.78. The number of benzene rings is 2. The van der Waals surface area contributed by atoms with E-state index in [1.807, 2.05) is 32.9 Å². The van der Waals surface area contributed by atoms with Gasteiger partial charge in [-0.25, -0.2) is 12.7 Å². The summed E-state index contributed by atoms with van der Waals surface area (Å²) in [7, 11) is -0.586. The molecule has 0 saturated heterocycles. The molecule has 2 aromatic rings. The minimum atomic E-state index is -3.54. The zero-order valence-electron chi connectivity index (χ0n) is 15.6. The Morgan fingerprint density at radius 3 is 2.42 bits per heavy atom. The fourth-order valence-electron chi connectivity index (χ4n) is 2.36. The predicted molar refractivity (Wildman–Crippen MR) is 107 cm³/mol. The molecule has 0 radical (unpaired) electrons. The molecular formula is C19H24N2O3S2. The van der Waals surface area contributed by atoms with Gasteiger partial charge < -0.3 is 5.32 Å². The van der Waals surface area contributed by atoms with Crippen molar-refractivity contribution in [3.8, 4) is 0 Å². The minimum Gasteiger partial charge on any atom is -0.325 e. The van der Waals surface area contributed by atoms with Gasteiger partial charge in [-0.1, -0.05) is 23.8 Å². The highest BCUT2D eigenvalue weighted by Gasteiger charge is 2.19. The normalized spacial score (nSPS) is 12.8. The van der Waals surface area contributed by atoms with Crippen LogP contribution in [-0.2, 0) is 14.8 Å². The second kappa shape index (κ2) is 8.24. The second-order valence-electron chi connectivity index (χ2n) is 6.33. The molecular weight excluding hydrogens is 368 g/mol. The topological polar surface area (TPSA) is 66.5 Å². The van der Waals surface area contributed by atoms with Crippen molar-refractivity contribution in [1.82, 2.24) is 4.31 Å². The van der Waals surface area contributed by atoms with Gasteiger partial charge in [-0.2, -0.15) is 0 Å². The molecule has 0 saturated carbocycles. The number of rotatable bonds is 6. The number of sulfonamides is 1. The van der Waals surface area contributed by atoms with Gasteiger partial charge in [0.2, 0.25) is 15.9 Å². The molecule has 2 rings (SSSR count). The summed E-state index contributed by atoms with van der Waals surface area (Å²) >= 11 is 1.48. The zero-order chi connectivity index (χ0) is 19.5. The standard InChI is InChI=1S/C19H24N2O3S2/c1-13-9-10-18(14(2)11-13)25-15(3)19(22)20-16-7-6-8-17(12-16)26(23,24)21(4)5/h6-12,15H,1-5H3,(H,20,22)/t15-/m1/s1. The predicted octanol–water partition coefficient (Wildman–Crippen LogP) is 3.67. The molecule has 0 spiro atoms. The molecule has 2 aromatic carbocycles. The van der Waals surface area contributed by atoms with Crippen LogP contribution in [0.3, 0.4) is 0 Å². The molecule has 1 N–H and O–H groups in total. The first-order valence-corrected chi connectivity index (χ1v) is 10.5. The van der Waals surface area contributed by atoms with Crippen molar-refractivity contribution < 1.29 is 13.2 Å². The number of carbonyl (C=O) groups excluding carboxylic acids is 1. The van der Waals surface area contributed by atoms with E-state index in [1.54, 1.807) is 12.1 Å². The Balaban J connectivity index is 2.12. The van der Waals surface area contributed by atoms with Crippen LogP contribution in [0.4, 0.5) is 5.69 Å². The SMILES string of the molecule is Cc1ccc(S[C@H](C)C(=O)Nc2cccc(S(=O)(=O)N(C)C)c2)c(C)c1. The van der Waals surface area contributed by atoms with Gasteiger partial charge in [0.25, 0.3) is 0 Å². The molecule has 0 aromatic heterocycles. The van der Waals surface area contributed by atoms with Gasteiger partial charge in [-0.15, -0.1) is 11.8 Å². The van der Waals surface area contributed by atoms with Crippen LogP contribution in [-0.4, -0.2) is 38.0 Å². The number of hydrogen-bond acceptors (Lipinski definition) is 4. The molecule has 5 nitrogen and oxygen atoms in total. The van der Waals surface area contributed by atoms with E-state index in [0.717, 1.165) is 14.8 Å². The summed E-state index contributed by atoms with van der Waals surface area (Å²) in [5, 5.41) is 2.49. The van der Waals surface area contributed by atoms with Gasteiger partial charge in [0, 0.05) is 24.7 Å². The Labute approximate surface area is 159 Å². The maximum Gasteiger partial charge on any atom is 0.242 e. The van der Waals surface area contributed by atoms with Crippen molar-refractivity contribution in [3.63, 3.8) is 0 Å². The van der Waals surface area contributed by atoms with Crippen molar-refractivity contribution in [2.45, 2.75) is 35.8 Å². The van der Waals surface area contributed by atoms with Gasteiger partial charge in [0.15, 0.2) is 0 Å². The molecule has 26 heavy (non-hydrogen) atoms. The Morgan fingerprint density at radius 2 is 1.81 bits per heavy atom. The molecule has 0 aliphatic carbocycles. The Kier molecular flexibility index (Phi) is 6.49. The highest BCUT2D eigenvalue weighted by atomic mass is 32.2. The smallest absolute Gasteiger partial charge is 0.242 e. The average Bonchev–Trinajstić information content (AvgIpc) is 2.57. The number of nitrogens with zero attached hydrogens (tertiary/aromatic N) is 1. The lowest BCUT2D eigenvalue weighted by atomic mass is 10.2. The number of anilines is 1. The first kappa shape index (κ1) is 20.5. The van der Waals surface area contributed by atoms with Crippen LogP contribution in [0.2, 0.25) is 0 Å². The summed E-state index contributed by atoms with van der Waals surface area (Å²) in [5.74, 6) is -0.172. The van der Waals surface area contributed by atoms with Crippen molar-refractivity contribution in [2.24, 2.45) is 0 Å². The third-order valence-electron chi connectivity index (χ3n) is 3.88. The number of amides is 1. The molecule has 0 unspecified atom stereocenters. The van der Waals surface area contributed by atoms with Gasteiger partial charge in [0.05, 0.1) is 10.1 Å². The van der Waals surface area contributed by atoms with Crippen molar-refractivity contribution in [3.05, 3.63) is 53.6 Å². The minimum absolute atomic E-state index is 0.148. The molecule has 0 fully saturated rings. The molecule has 1 atom stereocenters. The maximum atomic E-state index is 12.5. The first-order valence-electron chi connectivity index (χ1n) is 8.18. The van der Waals surface area contributed by atoms with Gasteiger partial charge in [-0.3, -0.25) is 4.79 Å². The van der Waals surface area contributed by atoms with Crippen molar-refractivity contribution in [2.75, 3.05) is 19.4 Å². The summed E-state index contributed by atoms with van der Waals surface area (Å²) in [6.45, 7) is 5.89. The number of hydrogen-bond donors (Lipinski definition) is 1. The van der Waals surface area contributed by atoms with Crippen LogP contribution < -0.4 is 5.32 Å². The number of carbonyl (C=O) groups is 1. The van der Waals surface area contributed by atoms with E-state index in [9.17, 15) is 13.2 Å². The van der Waals surface area contributed by atoms with E-state index in [4.69, 9.17) is 0 Å². The summed E-state index contributed by atoms with van der Waals surface area (Å²) in [4.78, 5) is 13.7. The molecule has 7 heteroatoms. The number of thioether (sulfide) groups is 1. The molecule has 0 bridgehead atoms. The highest BCUT2D eigenvalue weighted by molar-refractivity contribution is 8.00. The highest BCUT2D eigenvalue weighted by Crippen LogP contribution is 2.28. The third kappa shape index (κ3) is 4.87. The third-order valence-corrected chi connectivity index (χ3v) is 6.97. The second-order valence-corrected chi connectivity index (χ2v) is 9.87. The summed E-state index contributed by atoms with van der Waals surface area (Å²) in [6, 6.07) is 12.4. The van der Waals surface area contributed by atoms with E-state index in [-0.39, 0.29) is 16.1 Å². The van der Waals surface area contributed by atoms with E-state index in [2.05, 4.69) is 11.4 Å². The Morgan fingerprint density at radius 1 is 1.12 bits per heavy atom. The van der Waals surface area contributed by atoms with Crippen LogP contribution in [0.5, 0.6) is 0 Å². The largest absolute Gasteiger partial charge is 0.325 e. The molecule has 0 aliphatic heterocycles. The fraction of sp³-hybridized carbons (Fsp3) is 0.316. The van der Waals surface area contributed by atoms with E-state index >= 15 is 0 Å². The fourth-order valence-corrected chi connectivity index (χ4v) is 4.25. The lowest BCUT2D eigenvalue weighted by Crippen LogP contribution is -2.24. The van der Waals surface area contributed by atoms with Crippen LogP contribution in [0.25, 0.3) is 0 Å². The average molecular weight is 393 g/mol. The summed E-state index contributed by atoms with van der Waals surface area (Å²) in [6.07, 6.45) is 0. The van der Waals surface area contributed by atoms with E-state index < -0.39 is 10.0 Å². The monoisotopic (exact) mass is 392 g/mol. The lowest BCUT2D eigenvalue weighted by molar-refractivity contribution is -0.115. The number of nitrogens with one attached hydrogen (secondary N) is 1. The number of aryl methyl sites for hydroxylation is 2. The molecule has 0 heterocycles. The molecule has 0 aliphatic rings. The first-order chi connectivity index (χ1) is 12.1. The molecule has 1 amide bonds. The Hall–Kier alpha value is -1.83. The molecule has 140 valence electrons. The quantitative estimate of drug-likeness (QED) is 0.762. The van der Waals surface area contributed by atoms with Gasteiger partial charge in [0.1, 0.15) is 0 Å². The van der Waals surface area contributed by atoms with Crippen molar-refractivity contribution in [1.29, 1.82) is 0 Å². The lowest BCUT2D eigenvalue weighted by Gasteiger charge is -2.15. The van der Waals surface area contributed by atoms with Crippen LogP contribution in [0.15, 0.2) is 52.3 Å². The van der Waals surface area contributed by atoms with Gasteiger partial charge in [-0.05, 0) is 50.6 Å². The summed E-state index contributed by atoms with van der Waals surface area (Å²) < 4.78 is 25.6. The zero-order valence-corrected chi connectivity index (χ0v) is 17.2. The van der Waals surface area contributed by atoms with Crippen LogP contribution in [0, 0.1) is 13.8 Å². The maximum absolute atomic E-state index is 12.5. The van der Waals surface area contributed by atoms with E-state index in [1.165, 1.54) is 43.6 Å².